The lowest BCUT2D eigenvalue weighted by Crippen LogP contribution is -2.39. The number of carbonyl (C=O) groups excluding carboxylic acids is 2. The van der Waals surface area contributed by atoms with Crippen LogP contribution < -0.4 is 16.0 Å². The lowest BCUT2D eigenvalue weighted by molar-refractivity contribution is -0.117. The maximum absolute atomic E-state index is 12.6. The van der Waals surface area contributed by atoms with Crippen LogP contribution in [0, 0.1) is 12.8 Å². The molecule has 1 aliphatic carbocycles. The molecule has 3 unspecified atom stereocenters. The Bertz CT molecular complexity index is 642. The van der Waals surface area contributed by atoms with Gasteiger partial charge in [-0.1, -0.05) is 12.8 Å². The van der Waals surface area contributed by atoms with E-state index in [1.165, 1.54) is 25.7 Å². The summed E-state index contributed by atoms with van der Waals surface area (Å²) in [4.78, 5) is 24.7. The Kier molecular flexibility index (Phi) is 5.42. The minimum absolute atomic E-state index is 0.0354. The summed E-state index contributed by atoms with van der Waals surface area (Å²) in [6.07, 6.45) is 5.91. The predicted octanol–water partition coefficient (Wildman–Crippen LogP) is 2.99. The Balaban J connectivity index is 1.62. The van der Waals surface area contributed by atoms with E-state index in [2.05, 4.69) is 16.0 Å². The molecule has 1 saturated heterocycles. The van der Waals surface area contributed by atoms with Crippen LogP contribution in [0.2, 0.25) is 0 Å². The molecule has 5 nitrogen and oxygen atoms in total. The molecule has 0 bridgehead atoms. The first-order valence-corrected chi connectivity index (χ1v) is 9.42. The highest BCUT2D eigenvalue weighted by molar-refractivity contribution is 5.98. The summed E-state index contributed by atoms with van der Waals surface area (Å²) in [5, 5.41) is 9.41. The van der Waals surface area contributed by atoms with Crippen LogP contribution >= 0.6 is 0 Å². The average Bonchev–Trinajstić information content (AvgIpc) is 2.98. The van der Waals surface area contributed by atoms with Crippen LogP contribution in [-0.4, -0.2) is 29.9 Å². The Hall–Kier alpha value is -1.88. The lowest BCUT2D eigenvalue weighted by atomic mass is 9.85. The molecule has 0 radical (unpaired) electrons. The van der Waals surface area contributed by atoms with Gasteiger partial charge in [0.05, 0.1) is 6.04 Å². The highest BCUT2D eigenvalue weighted by atomic mass is 16.2. The molecule has 0 aromatic heterocycles. The molecule has 25 heavy (non-hydrogen) atoms. The molecule has 1 aromatic carbocycles. The first kappa shape index (κ1) is 17.9. The third-order valence-electron chi connectivity index (χ3n) is 5.34. The summed E-state index contributed by atoms with van der Waals surface area (Å²) >= 11 is 0. The van der Waals surface area contributed by atoms with Crippen molar-refractivity contribution in [3.8, 4) is 0 Å². The minimum Gasteiger partial charge on any atom is -0.350 e. The monoisotopic (exact) mass is 343 g/mol. The van der Waals surface area contributed by atoms with Gasteiger partial charge in [-0.2, -0.15) is 0 Å². The minimum atomic E-state index is -0.0997. The van der Waals surface area contributed by atoms with Crippen molar-refractivity contribution in [3.63, 3.8) is 0 Å². The van der Waals surface area contributed by atoms with Gasteiger partial charge < -0.3 is 16.0 Å². The third kappa shape index (κ3) is 4.21. The summed E-state index contributed by atoms with van der Waals surface area (Å²) in [5.41, 5.74) is 2.26. The zero-order chi connectivity index (χ0) is 18.0. The van der Waals surface area contributed by atoms with E-state index in [1.807, 2.05) is 32.9 Å². The van der Waals surface area contributed by atoms with Crippen molar-refractivity contribution in [2.75, 3.05) is 5.32 Å². The predicted molar refractivity (Wildman–Crippen MR) is 99.7 cm³/mol. The van der Waals surface area contributed by atoms with E-state index in [0.29, 0.717) is 17.5 Å². The third-order valence-corrected chi connectivity index (χ3v) is 5.34. The molecule has 1 aromatic rings. The van der Waals surface area contributed by atoms with E-state index in [4.69, 9.17) is 0 Å². The molecule has 2 fully saturated rings. The van der Waals surface area contributed by atoms with Crippen molar-refractivity contribution in [2.45, 2.75) is 71.0 Å². The van der Waals surface area contributed by atoms with Crippen molar-refractivity contribution in [1.29, 1.82) is 0 Å². The topological polar surface area (TPSA) is 70.2 Å². The van der Waals surface area contributed by atoms with Gasteiger partial charge in [0.1, 0.15) is 0 Å². The van der Waals surface area contributed by atoms with E-state index in [0.717, 1.165) is 17.7 Å². The average molecular weight is 343 g/mol. The Labute approximate surface area is 150 Å². The summed E-state index contributed by atoms with van der Waals surface area (Å²) in [5.74, 6) is 0.605. The van der Waals surface area contributed by atoms with Gasteiger partial charge in [-0.15, -0.1) is 0 Å². The van der Waals surface area contributed by atoms with Gasteiger partial charge in [0, 0.05) is 23.3 Å². The first-order valence-electron chi connectivity index (χ1n) is 9.42. The number of anilines is 1. The second kappa shape index (κ2) is 7.56. The summed E-state index contributed by atoms with van der Waals surface area (Å²) in [6.45, 7) is 5.77. The van der Waals surface area contributed by atoms with Crippen molar-refractivity contribution < 1.29 is 9.59 Å². The van der Waals surface area contributed by atoms with Gasteiger partial charge in [-0.25, -0.2) is 0 Å². The van der Waals surface area contributed by atoms with Gasteiger partial charge in [-0.05, 0) is 69.7 Å². The van der Waals surface area contributed by atoms with Crippen molar-refractivity contribution in [2.24, 2.45) is 5.92 Å². The molecule has 3 atom stereocenters. The van der Waals surface area contributed by atoms with Crippen molar-refractivity contribution in [1.82, 2.24) is 10.6 Å². The SMILES string of the molecule is Cc1cc(NC(=O)C2CC3CCCCC3N2)ccc1C(=O)NC(C)C. The number of aryl methyl sites for hydroxylation is 1. The van der Waals surface area contributed by atoms with Gasteiger partial charge in [0.15, 0.2) is 0 Å². The standard InChI is InChI=1S/C20H29N3O2/c1-12(2)21-19(24)16-9-8-15(10-13(16)3)22-20(25)18-11-14-6-4-5-7-17(14)23-18/h8-10,12,14,17-18,23H,4-7,11H2,1-3H3,(H,21,24)(H,22,25). The number of carbonyl (C=O) groups is 2. The number of benzene rings is 1. The Morgan fingerprint density at radius 1 is 1.20 bits per heavy atom. The summed E-state index contributed by atoms with van der Waals surface area (Å²) < 4.78 is 0. The highest BCUT2D eigenvalue weighted by Gasteiger charge is 2.38. The molecule has 1 aliphatic heterocycles. The number of hydrogen-bond acceptors (Lipinski definition) is 3. The first-order chi connectivity index (χ1) is 11.9. The van der Waals surface area contributed by atoms with Crippen LogP contribution in [0.15, 0.2) is 18.2 Å². The fourth-order valence-corrected chi connectivity index (χ4v) is 4.09. The van der Waals surface area contributed by atoms with E-state index in [1.54, 1.807) is 6.07 Å². The molecule has 5 heteroatoms. The Morgan fingerprint density at radius 3 is 2.64 bits per heavy atom. The van der Waals surface area contributed by atoms with Crippen LogP contribution in [-0.2, 0) is 4.79 Å². The van der Waals surface area contributed by atoms with Gasteiger partial charge in [-0.3, -0.25) is 9.59 Å². The largest absolute Gasteiger partial charge is 0.350 e. The van der Waals surface area contributed by atoms with Gasteiger partial charge in [0.2, 0.25) is 5.91 Å². The van der Waals surface area contributed by atoms with Gasteiger partial charge in [0.25, 0.3) is 5.91 Å². The second-order valence-corrected chi connectivity index (χ2v) is 7.75. The van der Waals surface area contributed by atoms with E-state index in [9.17, 15) is 9.59 Å². The lowest BCUT2D eigenvalue weighted by Gasteiger charge is -2.24. The second-order valence-electron chi connectivity index (χ2n) is 7.75. The maximum atomic E-state index is 12.6. The van der Waals surface area contributed by atoms with E-state index >= 15 is 0 Å². The molecule has 2 aliphatic rings. The summed E-state index contributed by atoms with van der Waals surface area (Å²) in [6, 6.07) is 5.97. The molecule has 3 N–H and O–H groups in total. The molecule has 2 amide bonds. The molecule has 1 heterocycles. The molecule has 0 spiro atoms. The van der Waals surface area contributed by atoms with Crippen molar-refractivity contribution >= 4 is 17.5 Å². The smallest absolute Gasteiger partial charge is 0.251 e. The van der Waals surface area contributed by atoms with Crippen LogP contribution in [0.25, 0.3) is 0 Å². The van der Waals surface area contributed by atoms with Crippen LogP contribution in [0.5, 0.6) is 0 Å². The molecule has 3 rings (SSSR count). The van der Waals surface area contributed by atoms with Crippen molar-refractivity contribution in [3.05, 3.63) is 29.3 Å². The zero-order valence-corrected chi connectivity index (χ0v) is 15.4. The number of amides is 2. The molecule has 136 valence electrons. The van der Waals surface area contributed by atoms with Crippen LogP contribution in [0.1, 0.15) is 61.9 Å². The Morgan fingerprint density at radius 2 is 1.96 bits per heavy atom. The highest BCUT2D eigenvalue weighted by Crippen LogP contribution is 2.33. The number of nitrogens with one attached hydrogen (secondary N) is 3. The summed E-state index contributed by atoms with van der Waals surface area (Å²) in [7, 11) is 0. The molecule has 1 saturated carbocycles. The fraction of sp³-hybridized carbons (Fsp3) is 0.600. The van der Waals surface area contributed by atoms with Gasteiger partial charge >= 0.3 is 0 Å². The van der Waals surface area contributed by atoms with Crippen LogP contribution in [0.4, 0.5) is 5.69 Å². The van der Waals surface area contributed by atoms with Crippen LogP contribution in [0.3, 0.4) is 0 Å². The molecular weight excluding hydrogens is 314 g/mol. The van der Waals surface area contributed by atoms with E-state index < -0.39 is 0 Å². The zero-order valence-electron chi connectivity index (χ0n) is 15.4. The number of fused-ring (bicyclic) bond motifs is 1. The molecular formula is C20H29N3O2. The fourth-order valence-electron chi connectivity index (χ4n) is 4.09. The quantitative estimate of drug-likeness (QED) is 0.787. The normalized spacial score (nSPS) is 25.5. The van der Waals surface area contributed by atoms with E-state index in [-0.39, 0.29) is 23.9 Å². The maximum Gasteiger partial charge on any atom is 0.251 e. The number of hydrogen-bond donors (Lipinski definition) is 3. The number of rotatable bonds is 4.